The molecule has 0 saturated carbocycles. The summed E-state index contributed by atoms with van der Waals surface area (Å²) >= 11 is 3.55. The van der Waals surface area contributed by atoms with Crippen molar-refractivity contribution in [2.45, 2.75) is 0 Å². The Hall–Kier alpha value is -1.61. The molecule has 1 aromatic carbocycles. The van der Waals surface area contributed by atoms with Crippen LogP contribution in [0.15, 0.2) is 59.3 Å². The Morgan fingerprint density at radius 2 is 1.75 bits per heavy atom. The lowest BCUT2D eigenvalue weighted by Crippen LogP contribution is -1.90. The van der Waals surface area contributed by atoms with Crippen LogP contribution in [-0.2, 0) is 0 Å². The van der Waals surface area contributed by atoms with Gasteiger partial charge in [0.1, 0.15) is 5.82 Å². The molecule has 3 rings (SSSR count). The predicted octanol–water partition coefficient (Wildman–Crippen LogP) is 3.76. The second kappa shape index (κ2) is 3.76. The number of nitrogens with zero attached hydrogens (tertiary/aromatic N) is 2. The van der Waals surface area contributed by atoms with E-state index in [1.807, 2.05) is 42.6 Å². The number of rotatable bonds is 1. The number of benzene rings is 1. The van der Waals surface area contributed by atoms with Crippen LogP contribution >= 0.6 is 15.9 Å². The lowest BCUT2D eigenvalue weighted by atomic mass is 10.2. The summed E-state index contributed by atoms with van der Waals surface area (Å²) in [5.74, 6) is 0.961. The molecule has 0 atom stereocenters. The van der Waals surface area contributed by atoms with Gasteiger partial charge >= 0.3 is 0 Å². The summed E-state index contributed by atoms with van der Waals surface area (Å²) in [6, 6.07) is 16.2. The highest BCUT2D eigenvalue weighted by atomic mass is 79.9. The van der Waals surface area contributed by atoms with Crippen LogP contribution in [0.2, 0.25) is 0 Å². The van der Waals surface area contributed by atoms with E-state index in [1.165, 1.54) is 0 Å². The van der Waals surface area contributed by atoms with Crippen molar-refractivity contribution in [1.29, 1.82) is 0 Å². The van der Waals surface area contributed by atoms with Crippen molar-refractivity contribution in [1.82, 2.24) is 9.38 Å². The Balaban J connectivity index is 2.33. The molecule has 0 spiro atoms. The molecular weight excluding hydrogens is 264 g/mol. The molecule has 0 N–H and O–H groups in total. The Bertz CT molecular complexity index is 629. The van der Waals surface area contributed by atoms with Gasteiger partial charge in [-0.05, 0) is 28.1 Å². The molecule has 2 heterocycles. The summed E-state index contributed by atoms with van der Waals surface area (Å²) in [4.78, 5) is 4.46. The van der Waals surface area contributed by atoms with Gasteiger partial charge < -0.3 is 0 Å². The van der Waals surface area contributed by atoms with E-state index in [0.717, 1.165) is 21.5 Å². The first-order chi connectivity index (χ1) is 7.86. The molecule has 3 heteroatoms. The zero-order valence-electron chi connectivity index (χ0n) is 8.47. The Kier molecular flexibility index (Phi) is 2.26. The van der Waals surface area contributed by atoms with Crippen molar-refractivity contribution in [2.24, 2.45) is 0 Å². The van der Waals surface area contributed by atoms with Crippen molar-refractivity contribution in [3.05, 3.63) is 59.3 Å². The smallest absolute Gasteiger partial charge is 0.145 e. The molecule has 0 amide bonds. The van der Waals surface area contributed by atoms with Crippen molar-refractivity contribution in [3.63, 3.8) is 0 Å². The molecule has 0 aliphatic rings. The van der Waals surface area contributed by atoms with E-state index >= 15 is 0 Å². The minimum atomic E-state index is 0.961. The molecule has 0 aliphatic carbocycles. The fraction of sp³-hybridized carbons (Fsp3) is 0. The van der Waals surface area contributed by atoms with Crippen LogP contribution in [0.4, 0.5) is 0 Å². The van der Waals surface area contributed by atoms with Gasteiger partial charge in [0.05, 0.1) is 16.3 Å². The zero-order chi connectivity index (χ0) is 11.0. The molecule has 0 unspecified atom stereocenters. The number of imidazole rings is 1. The number of hydrogen-bond donors (Lipinski definition) is 0. The normalized spacial score (nSPS) is 10.8. The highest BCUT2D eigenvalue weighted by Crippen LogP contribution is 2.23. The molecule has 2 aromatic heterocycles. The fourth-order valence-corrected chi connectivity index (χ4v) is 2.32. The van der Waals surface area contributed by atoms with E-state index < -0.39 is 0 Å². The van der Waals surface area contributed by atoms with E-state index in [-0.39, 0.29) is 0 Å². The monoisotopic (exact) mass is 272 g/mol. The first kappa shape index (κ1) is 9.60. The van der Waals surface area contributed by atoms with Gasteiger partial charge in [0.2, 0.25) is 0 Å². The molecule has 3 aromatic rings. The van der Waals surface area contributed by atoms with E-state index in [1.54, 1.807) is 0 Å². The number of fused-ring (bicyclic) bond motifs is 1. The zero-order valence-corrected chi connectivity index (χ0v) is 10.1. The quantitative estimate of drug-likeness (QED) is 0.617. The molecular formula is C13H9BrN2. The van der Waals surface area contributed by atoms with Crippen molar-refractivity contribution < 1.29 is 0 Å². The van der Waals surface area contributed by atoms with Crippen LogP contribution in [-0.4, -0.2) is 9.38 Å². The molecule has 0 bridgehead atoms. The predicted molar refractivity (Wildman–Crippen MR) is 68.3 cm³/mol. The third-order valence-electron chi connectivity index (χ3n) is 2.54. The first-order valence-electron chi connectivity index (χ1n) is 5.03. The van der Waals surface area contributed by atoms with Crippen LogP contribution in [0, 0.1) is 0 Å². The summed E-state index contributed by atoms with van der Waals surface area (Å²) in [5, 5.41) is 0. The molecule has 0 radical (unpaired) electrons. The van der Waals surface area contributed by atoms with Crippen LogP contribution in [0.5, 0.6) is 0 Å². The summed E-state index contributed by atoms with van der Waals surface area (Å²) in [5.41, 5.74) is 2.21. The van der Waals surface area contributed by atoms with Gasteiger partial charge in [-0.2, -0.15) is 0 Å². The van der Waals surface area contributed by atoms with E-state index in [4.69, 9.17) is 0 Å². The molecule has 0 aliphatic heterocycles. The van der Waals surface area contributed by atoms with Crippen LogP contribution in [0.1, 0.15) is 0 Å². The lowest BCUT2D eigenvalue weighted by molar-refractivity contribution is 1.13. The Morgan fingerprint density at radius 3 is 2.56 bits per heavy atom. The number of pyridine rings is 1. The van der Waals surface area contributed by atoms with Crippen molar-refractivity contribution in [2.75, 3.05) is 0 Å². The molecule has 0 saturated heterocycles. The molecule has 0 fully saturated rings. The average Bonchev–Trinajstić information content (AvgIpc) is 2.75. The van der Waals surface area contributed by atoms with Gasteiger partial charge in [0, 0.05) is 5.56 Å². The minimum Gasteiger partial charge on any atom is -0.287 e. The van der Waals surface area contributed by atoms with Crippen LogP contribution in [0.25, 0.3) is 16.9 Å². The van der Waals surface area contributed by atoms with E-state index in [2.05, 4.69) is 37.4 Å². The average molecular weight is 273 g/mol. The number of hydrogen-bond acceptors (Lipinski definition) is 1. The highest BCUT2D eigenvalue weighted by molar-refractivity contribution is 9.10. The van der Waals surface area contributed by atoms with Gasteiger partial charge in [-0.15, -0.1) is 0 Å². The molecule has 78 valence electrons. The highest BCUT2D eigenvalue weighted by Gasteiger charge is 2.07. The fourth-order valence-electron chi connectivity index (χ4n) is 1.80. The first-order valence-corrected chi connectivity index (χ1v) is 5.83. The summed E-state index contributed by atoms with van der Waals surface area (Å²) < 4.78 is 3.11. The van der Waals surface area contributed by atoms with Gasteiger partial charge in [0.15, 0.2) is 0 Å². The summed E-state index contributed by atoms with van der Waals surface area (Å²) in [6.45, 7) is 0. The van der Waals surface area contributed by atoms with E-state index in [9.17, 15) is 0 Å². The topological polar surface area (TPSA) is 17.3 Å². The second-order valence-corrected chi connectivity index (χ2v) is 4.37. The maximum absolute atomic E-state index is 4.46. The van der Waals surface area contributed by atoms with Gasteiger partial charge in [0.25, 0.3) is 0 Å². The van der Waals surface area contributed by atoms with Gasteiger partial charge in [-0.25, -0.2) is 4.98 Å². The summed E-state index contributed by atoms with van der Waals surface area (Å²) in [7, 11) is 0. The molecule has 2 nitrogen and oxygen atoms in total. The standard InChI is InChI=1S/C13H9BrN2/c14-12-8-4-7-11-9-15-13(16(11)12)10-5-2-1-3-6-10/h1-9H. The second-order valence-electron chi connectivity index (χ2n) is 3.56. The Labute approximate surface area is 102 Å². The van der Waals surface area contributed by atoms with Gasteiger partial charge in [-0.3, -0.25) is 4.40 Å². The van der Waals surface area contributed by atoms with Crippen LogP contribution in [0.3, 0.4) is 0 Å². The van der Waals surface area contributed by atoms with Crippen molar-refractivity contribution >= 4 is 21.4 Å². The Morgan fingerprint density at radius 1 is 0.938 bits per heavy atom. The number of halogens is 1. The molecule has 16 heavy (non-hydrogen) atoms. The van der Waals surface area contributed by atoms with E-state index in [0.29, 0.717) is 0 Å². The van der Waals surface area contributed by atoms with Crippen LogP contribution < -0.4 is 0 Å². The third kappa shape index (κ3) is 1.44. The SMILES string of the molecule is Brc1cccc2cnc(-c3ccccc3)n12. The van der Waals surface area contributed by atoms with Crippen molar-refractivity contribution in [3.8, 4) is 11.4 Å². The lowest BCUT2D eigenvalue weighted by Gasteiger charge is -2.03. The maximum atomic E-state index is 4.46. The third-order valence-corrected chi connectivity index (χ3v) is 3.15. The minimum absolute atomic E-state index is 0.961. The number of aromatic nitrogens is 2. The maximum Gasteiger partial charge on any atom is 0.145 e. The largest absolute Gasteiger partial charge is 0.287 e. The van der Waals surface area contributed by atoms with Gasteiger partial charge in [-0.1, -0.05) is 36.4 Å². The summed E-state index contributed by atoms with van der Waals surface area (Å²) in [6.07, 6.45) is 1.88.